The van der Waals surface area contributed by atoms with Crippen molar-refractivity contribution in [1.29, 1.82) is 0 Å². The molecule has 0 atom stereocenters. The van der Waals surface area contributed by atoms with Gasteiger partial charge in [-0.2, -0.15) is 0 Å². The molecule has 1 fully saturated rings. The number of allylic oxidation sites excluding steroid dienone is 1. The fraction of sp³-hybridized carbons (Fsp3) is 0.263. The lowest BCUT2D eigenvalue weighted by Gasteiger charge is -2.40. The molecule has 0 unspecified atom stereocenters. The molecule has 25 heavy (non-hydrogen) atoms. The van der Waals surface area contributed by atoms with Crippen LogP contribution in [0.4, 0.5) is 5.69 Å². The molecule has 6 heteroatoms. The van der Waals surface area contributed by atoms with E-state index >= 15 is 0 Å². The lowest BCUT2D eigenvalue weighted by Crippen LogP contribution is -2.37. The van der Waals surface area contributed by atoms with E-state index in [1.807, 2.05) is 30.6 Å². The number of hydrogen-bond acceptors (Lipinski definition) is 4. The zero-order valence-electron chi connectivity index (χ0n) is 13.7. The van der Waals surface area contributed by atoms with Crippen LogP contribution in [0.15, 0.2) is 48.9 Å². The molecule has 1 saturated carbocycles. The summed E-state index contributed by atoms with van der Waals surface area (Å²) in [5.41, 5.74) is 5.34. The first-order valence-electron chi connectivity index (χ1n) is 8.43. The number of aromatic nitrogens is 3. The second-order valence-electron chi connectivity index (χ2n) is 6.89. The van der Waals surface area contributed by atoms with E-state index in [-0.39, 0.29) is 5.41 Å². The van der Waals surface area contributed by atoms with Gasteiger partial charge in [-0.3, -0.25) is 4.98 Å². The van der Waals surface area contributed by atoms with Crippen LogP contribution in [-0.2, 0) is 12.0 Å². The van der Waals surface area contributed by atoms with Crippen molar-refractivity contribution in [3.8, 4) is 0 Å². The van der Waals surface area contributed by atoms with Crippen LogP contribution >= 0.6 is 11.6 Å². The molecule has 3 heterocycles. The molecule has 3 aromatic rings. The number of rotatable bonds is 2. The molecule has 0 bridgehead atoms. The number of fused-ring (bicyclic) bond motifs is 3. The number of nitrogen functional groups attached to an aromatic ring is 1. The Hall–Kier alpha value is -2.53. The highest BCUT2D eigenvalue weighted by Gasteiger charge is 2.50. The van der Waals surface area contributed by atoms with Gasteiger partial charge in [-0.25, -0.2) is 9.66 Å². The van der Waals surface area contributed by atoms with Crippen LogP contribution in [-0.4, -0.2) is 14.6 Å². The fourth-order valence-electron chi connectivity index (χ4n) is 4.21. The number of anilines is 1. The highest BCUT2D eigenvalue weighted by molar-refractivity contribution is 6.31. The zero-order chi connectivity index (χ0) is 17.2. The molecule has 5 nitrogen and oxygen atoms in total. The summed E-state index contributed by atoms with van der Waals surface area (Å²) in [7, 11) is 0. The van der Waals surface area contributed by atoms with Crippen LogP contribution in [0.1, 0.15) is 30.7 Å². The van der Waals surface area contributed by atoms with Gasteiger partial charge in [-0.1, -0.05) is 24.6 Å². The lowest BCUT2D eigenvalue weighted by molar-refractivity contribution is 0.301. The van der Waals surface area contributed by atoms with Crippen LogP contribution in [0, 0.1) is 0 Å². The molecule has 0 saturated heterocycles. The number of nitrogens with two attached hydrogens (primary N) is 1. The van der Waals surface area contributed by atoms with E-state index in [1.54, 1.807) is 4.68 Å². The Morgan fingerprint density at radius 1 is 1.28 bits per heavy atom. The first-order chi connectivity index (χ1) is 12.1. The van der Waals surface area contributed by atoms with E-state index in [1.165, 1.54) is 12.0 Å². The minimum absolute atomic E-state index is 0.0764. The Balaban J connectivity index is 1.59. The summed E-state index contributed by atoms with van der Waals surface area (Å²) in [6, 6.07) is 7.70. The second kappa shape index (κ2) is 4.99. The van der Waals surface area contributed by atoms with Crippen LogP contribution in [0.3, 0.4) is 0 Å². The SMILES string of the molecule is C=C1N(Cc2nc3cc(Cl)ccc3n2N)c2cnccc2C12CCC2. The quantitative estimate of drug-likeness (QED) is 0.714. The van der Waals surface area contributed by atoms with Crippen molar-refractivity contribution in [3.05, 3.63) is 65.3 Å². The molecule has 1 aromatic carbocycles. The number of imidazole rings is 1. The summed E-state index contributed by atoms with van der Waals surface area (Å²) in [6.07, 6.45) is 7.33. The molecule has 1 spiro atoms. The topological polar surface area (TPSA) is 60.0 Å². The minimum Gasteiger partial charge on any atom is -0.337 e. The van der Waals surface area contributed by atoms with Gasteiger partial charge < -0.3 is 10.7 Å². The predicted molar refractivity (Wildman–Crippen MR) is 100.0 cm³/mol. The molecule has 0 radical (unpaired) electrons. The van der Waals surface area contributed by atoms with Gasteiger partial charge >= 0.3 is 0 Å². The summed E-state index contributed by atoms with van der Waals surface area (Å²) < 4.78 is 1.64. The molecule has 126 valence electrons. The molecule has 2 aromatic heterocycles. The minimum atomic E-state index is 0.0764. The van der Waals surface area contributed by atoms with E-state index in [4.69, 9.17) is 17.4 Å². The highest BCUT2D eigenvalue weighted by atomic mass is 35.5. The monoisotopic (exact) mass is 351 g/mol. The van der Waals surface area contributed by atoms with Crippen molar-refractivity contribution in [1.82, 2.24) is 14.6 Å². The van der Waals surface area contributed by atoms with Crippen LogP contribution in [0.2, 0.25) is 5.02 Å². The third-order valence-corrected chi connectivity index (χ3v) is 5.95. The number of benzene rings is 1. The average Bonchev–Trinajstić information content (AvgIpc) is 3.00. The Bertz CT molecular complexity index is 1020. The van der Waals surface area contributed by atoms with Gasteiger partial charge in [-0.05, 0) is 42.7 Å². The summed E-state index contributed by atoms with van der Waals surface area (Å²) in [5, 5.41) is 0.658. The molecule has 5 rings (SSSR count). The Morgan fingerprint density at radius 3 is 2.88 bits per heavy atom. The van der Waals surface area contributed by atoms with Gasteiger partial charge in [0.25, 0.3) is 0 Å². The maximum atomic E-state index is 6.29. The fourth-order valence-corrected chi connectivity index (χ4v) is 4.38. The maximum Gasteiger partial charge on any atom is 0.148 e. The Labute approximate surface area is 150 Å². The first kappa shape index (κ1) is 14.8. The Kier molecular flexibility index (Phi) is 2.95. The maximum absolute atomic E-state index is 6.29. The molecule has 1 aliphatic carbocycles. The summed E-state index contributed by atoms with van der Waals surface area (Å²) >= 11 is 6.08. The number of pyridine rings is 1. The van der Waals surface area contributed by atoms with E-state index in [0.29, 0.717) is 11.6 Å². The van der Waals surface area contributed by atoms with E-state index in [9.17, 15) is 0 Å². The van der Waals surface area contributed by atoms with Crippen molar-refractivity contribution < 1.29 is 0 Å². The van der Waals surface area contributed by atoms with Crippen molar-refractivity contribution in [2.75, 3.05) is 10.7 Å². The molecule has 2 N–H and O–H groups in total. The standard InChI is InChI=1S/C19H18ClN5/c1-12-19(6-2-7-19)14-5-8-22-10-17(14)24(12)11-18-23-15-9-13(20)3-4-16(15)25(18)21/h3-5,8-10H,1-2,6-7,11,21H2. The molecule has 2 aliphatic rings. The molecule has 1 aliphatic heterocycles. The van der Waals surface area contributed by atoms with Crippen LogP contribution in [0.5, 0.6) is 0 Å². The van der Waals surface area contributed by atoms with Gasteiger partial charge in [0.05, 0.1) is 29.5 Å². The van der Waals surface area contributed by atoms with Gasteiger partial charge in [0.15, 0.2) is 0 Å². The molecule has 0 amide bonds. The van der Waals surface area contributed by atoms with Gasteiger partial charge in [0.1, 0.15) is 5.82 Å². The molecular weight excluding hydrogens is 334 g/mol. The van der Waals surface area contributed by atoms with E-state index < -0.39 is 0 Å². The van der Waals surface area contributed by atoms with Gasteiger partial charge in [0, 0.05) is 22.3 Å². The zero-order valence-corrected chi connectivity index (χ0v) is 14.5. The molecular formula is C19H18ClN5. The number of nitrogens with zero attached hydrogens (tertiary/aromatic N) is 4. The summed E-state index contributed by atoms with van der Waals surface area (Å²) in [6.45, 7) is 4.99. The van der Waals surface area contributed by atoms with Crippen molar-refractivity contribution in [2.45, 2.75) is 31.2 Å². The highest BCUT2D eigenvalue weighted by Crippen LogP contribution is 2.57. The number of halogens is 1. The Morgan fingerprint density at radius 2 is 2.12 bits per heavy atom. The van der Waals surface area contributed by atoms with E-state index in [2.05, 4.69) is 27.5 Å². The number of hydrogen-bond donors (Lipinski definition) is 1. The first-order valence-corrected chi connectivity index (χ1v) is 8.81. The normalized spacial score (nSPS) is 18.0. The van der Waals surface area contributed by atoms with E-state index in [0.717, 1.165) is 41.1 Å². The third-order valence-electron chi connectivity index (χ3n) is 5.72. The second-order valence-corrected chi connectivity index (χ2v) is 7.33. The summed E-state index contributed by atoms with van der Waals surface area (Å²) in [4.78, 5) is 11.2. The van der Waals surface area contributed by atoms with Crippen molar-refractivity contribution in [2.24, 2.45) is 0 Å². The van der Waals surface area contributed by atoms with Crippen LogP contribution in [0.25, 0.3) is 11.0 Å². The largest absolute Gasteiger partial charge is 0.337 e. The van der Waals surface area contributed by atoms with Gasteiger partial charge in [0.2, 0.25) is 0 Å². The van der Waals surface area contributed by atoms with Crippen LogP contribution < -0.4 is 10.7 Å². The lowest BCUT2D eigenvalue weighted by atomic mass is 9.64. The van der Waals surface area contributed by atoms with Gasteiger partial charge in [-0.15, -0.1) is 0 Å². The average molecular weight is 352 g/mol. The predicted octanol–water partition coefficient (Wildman–Crippen LogP) is 3.75. The summed E-state index contributed by atoms with van der Waals surface area (Å²) in [5.74, 6) is 7.07. The smallest absolute Gasteiger partial charge is 0.148 e. The third kappa shape index (κ3) is 1.90. The van der Waals surface area contributed by atoms with Crippen molar-refractivity contribution in [3.63, 3.8) is 0 Å². The van der Waals surface area contributed by atoms with Crippen molar-refractivity contribution >= 4 is 28.3 Å².